The first kappa shape index (κ1) is 17.2. The van der Waals surface area contributed by atoms with Gasteiger partial charge in [0.15, 0.2) is 5.41 Å². The van der Waals surface area contributed by atoms with Crippen LogP contribution in [0.2, 0.25) is 0 Å². The smallest absolute Gasteiger partial charge is 0.323 e. The van der Waals surface area contributed by atoms with Crippen molar-refractivity contribution in [1.82, 2.24) is 0 Å². The van der Waals surface area contributed by atoms with Gasteiger partial charge in [-0.1, -0.05) is 37.6 Å². The van der Waals surface area contributed by atoms with Crippen LogP contribution in [0.3, 0.4) is 0 Å². The van der Waals surface area contributed by atoms with Crippen LogP contribution in [-0.4, -0.2) is 26.2 Å². The number of hydrogen-bond donors (Lipinski definition) is 0. The molecule has 0 saturated heterocycles. The molecule has 0 unspecified atom stereocenters. The molecule has 0 heterocycles. The van der Waals surface area contributed by atoms with Crippen molar-refractivity contribution >= 4 is 11.9 Å². The van der Waals surface area contributed by atoms with Crippen molar-refractivity contribution in [2.75, 3.05) is 14.2 Å². The molecule has 0 atom stereocenters. The minimum Gasteiger partial charge on any atom is -0.468 e. The van der Waals surface area contributed by atoms with Crippen molar-refractivity contribution in [3.05, 3.63) is 34.9 Å². The summed E-state index contributed by atoms with van der Waals surface area (Å²) >= 11 is 0. The summed E-state index contributed by atoms with van der Waals surface area (Å²) < 4.78 is 9.72. The molecule has 116 valence electrons. The van der Waals surface area contributed by atoms with E-state index in [4.69, 9.17) is 9.47 Å². The van der Waals surface area contributed by atoms with Crippen molar-refractivity contribution in [2.45, 2.75) is 40.0 Å². The van der Waals surface area contributed by atoms with Crippen LogP contribution in [0.1, 0.15) is 37.0 Å². The zero-order chi connectivity index (χ0) is 16.0. The van der Waals surface area contributed by atoms with Crippen LogP contribution >= 0.6 is 0 Å². The number of ether oxygens (including phenoxy) is 2. The molecule has 0 fully saturated rings. The van der Waals surface area contributed by atoms with E-state index in [1.54, 1.807) is 6.92 Å². The van der Waals surface area contributed by atoms with Crippen LogP contribution in [0.15, 0.2) is 18.2 Å². The van der Waals surface area contributed by atoms with Crippen molar-refractivity contribution in [3.63, 3.8) is 0 Å². The lowest BCUT2D eigenvalue weighted by molar-refractivity contribution is -0.169. The number of methoxy groups -OCH3 is 2. The van der Waals surface area contributed by atoms with Gasteiger partial charge in [-0.2, -0.15) is 0 Å². The van der Waals surface area contributed by atoms with Gasteiger partial charge in [-0.3, -0.25) is 9.59 Å². The van der Waals surface area contributed by atoms with Crippen LogP contribution in [0, 0.1) is 12.3 Å². The Morgan fingerprint density at radius 1 is 1.05 bits per heavy atom. The third kappa shape index (κ3) is 3.43. The third-order valence-electron chi connectivity index (χ3n) is 3.99. The first-order valence-electron chi connectivity index (χ1n) is 7.20. The number of aryl methyl sites for hydroxylation is 2. The summed E-state index contributed by atoms with van der Waals surface area (Å²) in [6, 6.07) is 6.05. The maximum atomic E-state index is 12.2. The molecule has 1 aromatic carbocycles. The van der Waals surface area contributed by atoms with Crippen LogP contribution in [0.4, 0.5) is 0 Å². The predicted molar refractivity (Wildman–Crippen MR) is 81.0 cm³/mol. The van der Waals surface area contributed by atoms with Crippen LogP contribution in [0.25, 0.3) is 0 Å². The van der Waals surface area contributed by atoms with E-state index in [1.807, 2.05) is 19.1 Å². The van der Waals surface area contributed by atoms with E-state index in [1.165, 1.54) is 14.2 Å². The predicted octanol–water partition coefficient (Wildman–Crippen LogP) is 2.84. The second kappa shape index (κ2) is 7.25. The van der Waals surface area contributed by atoms with E-state index in [0.717, 1.165) is 23.1 Å². The van der Waals surface area contributed by atoms with E-state index in [2.05, 4.69) is 13.0 Å². The number of esters is 2. The molecule has 0 aliphatic carbocycles. The Hall–Kier alpha value is -1.84. The molecule has 1 rings (SSSR count). The Labute approximate surface area is 126 Å². The standard InChI is InChI=1S/C17H24O4/c1-6-13-10-12(3)8-9-14(13)11-17(7-2,15(18)20-4)16(19)21-5/h8-10H,6-7,11H2,1-5H3. The van der Waals surface area contributed by atoms with Crippen LogP contribution in [-0.2, 0) is 31.9 Å². The monoisotopic (exact) mass is 292 g/mol. The van der Waals surface area contributed by atoms with Gasteiger partial charge in [0.1, 0.15) is 0 Å². The fourth-order valence-corrected chi connectivity index (χ4v) is 2.61. The molecule has 0 aliphatic rings. The third-order valence-corrected chi connectivity index (χ3v) is 3.99. The highest BCUT2D eigenvalue weighted by molar-refractivity contribution is 6.00. The fraction of sp³-hybridized carbons (Fsp3) is 0.529. The minimum absolute atomic E-state index is 0.298. The van der Waals surface area contributed by atoms with Gasteiger partial charge in [-0.15, -0.1) is 0 Å². The molecule has 0 spiro atoms. The molecule has 1 aromatic rings. The van der Waals surface area contributed by atoms with E-state index >= 15 is 0 Å². The molecule has 0 saturated carbocycles. The van der Waals surface area contributed by atoms with E-state index < -0.39 is 17.4 Å². The lowest BCUT2D eigenvalue weighted by Crippen LogP contribution is -2.42. The molecular formula is C17H24O4. The maximum Gasteiger partial charge on any atom is 0.323 e. The first-order chi connectivity index (χ1) is 9.94. The Balaban J connectivity index is 3.30. The number of hydrogen-bond acceptors (Lipinski definition) is 4. The fourth-order valence-electron chi connectivity index (χ4n) is 2.61. The summed E-state index contributed by atoms with van der Waals surface area (Å²) in [7, 11) is 2.59. The van der Waals surface area contributed by atoms with Gasteiger partial charge in [0.05, 0.1) is 14.2 Å². The van der Waals surface area contributed by atoms with Gasteiger partial charge in [-0.05, 0) is 37.3 Å². The quantitative estimate of drug-likeness (QED) is 0.597. The summed E-state index contributed by atoms with van der Waals surface area (Å²) in [6.45, 7) is 5.88. The molecule has 0 bridgehead atoms. The Kier molecular flexibility index (Phi) is 5.94. The van der Waals surface area contributed by atoms with Gasteiger partial charge in [-0.25, -0.2) is 0 Å². The molecule has 0 aliphatic heterocycles. The molecule has 0 amide bonds. The van der Waals surface area contributed by atoms with Gasteiger partial charge in [0, 0.05) is 0 Å². The van der Waals surface area contributed by atoms with Crippen LogP contribution in [0.5, 0.6) is 0 Å². The zero-order valence-electron chi connectivity index (χ0n) is 13.5. The van der Waals surface area contributed by atoms with E-state index in [-0.39, 0.29) is 0 Å². The van der Waals surface area contributed by atoms with Gasteiger partial charge in [0.25, 0.3) is 0 Å². The highest BCUT2D eigenvalue weighted by Gasteiger charge is 2.47. The number of carbonyl (C=O) groups excluding carboxylic acids is 2. The molecule has 4 nitrogen and oxygen atoms in total. The first-order valence-corrected chi connectivity index (χ1v) is 7.20. The summed E-state index contributed by atoms with van der Waals surface area (Å²) in [4.78, 5) is 24.4. The van der Waals surface area contributed by atoms with Crippen LogP contribution < -0.4 is 0 Å². The molecule has 21 heavy (non-hydrogen) atoms. The summed E-state index contributed by atoms with van der Waals surface area (Å²) in [5.74, 6) is -1.08. The topological polar surface area (TPSA) is 52.6 Å². The molecule has 0 N–H and O–H groups in total. The lowest BCUT2D eigenvalue weighted by Gasteiger charge is -2.27. The lowest BCUT2D eigenvalue weighted by atomic mass is 9.77. The molecule has 4 heteroatoms. The highest BCUT2D eigenvalue weighted by Crippen LogP contribution is 2.32. The number of benzene rings is 1. The maximum absolute atomic E-state index is 12.2. The molecule has 0 radical (unpaired) electrons. The number of carbonyl (C=O) groups is 2. The highest BCUT2D eigenvalue weighted by atomic mass is 16.5. The Morgan fingerprint density at radius 2 is 1.62 bits per heavy atom. The summed E-state index contributed by atoms with van der Waals surface area (Å²) in [5, 5.41) is 0. The van der Waals surface area contributed by atoms with Gasteiger partial charge in [0.2, 0.25) is 0 Å². The van der Waals surface area contributed by atoms with Gasteiger partial charge < -0.3 is 9.47 Å². The average Bonchev–Trinajstić information content (AvgIpc) is 2.52. The van der Waals surface area contributed by atoms with E-state index in [9.17, 15) is 9.59 Å². The largest absolute Gasteiger partial charge is 0.468 e. The molecule has 0 aromatic heterocycles. The minimum atomic E-state index is -1.28. The average molecular weight is 292 g/mol. The van der Waals surface area contributed by atoms with E-state index in [0.29, 0.717) is 12.8 Å². The summed E-state index contributed by atoms with van der Waals surface area (Å²) in [6.07, 6.45) is 1.48. The van der Waals surface area contributed by atoms with Crippen molar-refractivity contribution in [3.8, 4) is 0 Å². The number of rotatable bonds is 6. The Morgan fingerprint density at radius 3 is 2.05 bits per heavy atom. The summed E-state index contributed by atoms with van der Waals surface area (Å²) in [5.41, 5.74) is 2.01. The SMILES string of the molecule is CCc1cc(C)ccc1CC(CC)(C(=O)OC)C(=O)OC. The molecular weight excluding hydrogens is 268 g/mol. The normalized spacial score (nSPS) is 11.1. The van der Waals surface area contributed by atoms with Crippen molar-refractivity contribution in [1.29, 1.82) is 0 Å². The van der Waals surface area contributed by atoms with Crippen molar-refractivity contribution in [2.24, 2.45) is 5.41 Å². The van der Waals surface area contributed by atoms with Gasteiger partial charge >= 0.3 is 11.9 Å². The second-order valence-corrected chi connectivity index (χ2v) is 5.22. The van der Waals surface area contributed by atoms with Crippen molar-refractivity contribution < 1.29 is 19.1 Å². The second-order valence-electron chi connectivity index (χ2n) is 5.22. The Bertz CT molecular complexity index is 504. The zero-order valence-corrected chi connectivity index (χ0v) is 13.5.